The third-order valence-electron chi connectivity index (χ3n) is 2.37. The molecule has 0 bridgehead atoms. The topological polar surface area (TPSA) is 95.6 Å². The molecule has 0 saturated heterocycles. The van der Waals surface area contributed by atoms with Gasteiger partial charge < -0.3 is 10.6 Å². The maximum Gasteiger partial charge on any atom is 0.225 e. The number of aromatic amines is 1. The number of halogens is 1. The quantitative estimate of drug-likeness (QED) is 0.755. The van der Waals surface area contributed by atoms with Crippen molar-refractivity contribution < 1.29 is 4.79 Å². The fraction of sp³-hybridized carbons (Fsp3) is 0.273. The van der Waals surface area contributed by atoms with E-state index in [2.05, 4.69) is 31.3 Å². The van der Waals surface area contributed by atoms with Crippen molar-refractivity contribution in [3.63, 3.8) is 0 Å². The van der Waals surface area contributed by atoms with Crippen LogP contribution in [0.15, 0.2) is 24.3 Å². The number of H-pyrrole nitrogens is 1. The van der Waals surface area contributed by atoms with Crippen LogP contribution < -0.4 is 10.6 Å². The van der Waals surface area contributed by atoms with Crippen LogP contribution in [0.4, 0.5) is 5.69 Å². The molecule has 0 aliphatic carbocycles. The number of aromatic nitrogens is 4. The highest BCUT2D eigenvalue weighted by atomic mass is 35.5. The summed E-state index contributed by atoms with van der Waals surface area (Å²) in [4.78, 5) is 11.5. The van der Waals surface area contributed by atoms with Crippen LogP contribution in [0.3, 0.4) is 0 Å². The van der Waals surface area contributed by atoms with Gasteiger partial charge in [-0.15, -0.1) is 22.6 Å². The van der Waals surface area contributed by atoms with Gasteiger partial charge in [-0.2, -0.15) is 5.21 Å². The molecule has 0 radical (unpaired) electrons. The van der Waals surface area contributed by atoms with E-state index in [1.807, 2.05) is 31.3 Å². The van der Waals surface area contributed by atoms with E-state index in [0.717, 1.165) is 11.3 Å². The molecule has 19 heavy (non-hydrogen) atoms. The molecule has 1 heterocycles. The molecule has 102 valence electrons. The molecule has 0 unspecified atom stereocenters. The van der Waals surface area contributed by atoms with E-state index >= 15 is 0 Å². The molecule has 0 saturated carbocycles. The van der Waals surface area contributed by atoms with Gasteiger partial charge in [0.1, 0.15) is 0 Å². The zero-order valence-corrected chi connectivity index (χ0v) is 11.2. The summed E-state index contributed by atoms with van der Waals surface area (Å²) in [6, 6.07) is 7.28. The number of hydrogen-bond donors (Lipinski definition) is 3. The maximum absolute atomic E-state index is 11.5. The summed E-state index contributed by atoms with van der Waals surface area (Å²) in [5, 5.41) is 19.4. The lowest BCUT2D eigenvalue weighted by molar-refractivity contribution is -0.116. The number of carbonyl (C=O) groups is 1. The zero-order chi connectivity index (χ0) is 12.8. The van der Waals surface area contributed by atoms with Gasteiger partial charge in [0.25, 0.3) is 0 Å². The van der Waals surface area contributed by atoms with Gasteiger partial charge in [-0.1, -0.05) is 0 Å². The highest BCUT2D eigenvalue weighted by molar-refractivity contribution is 5.91. The maximum atomic E-state index is 11.5. The average molecular weight is 283 g/mol. The summed E-state index contributed by atoms with van der Waals surface area (Å²) in [6.07, 6.45) is 0.448. The Bertz CT molecular complexity index is 498. The minimum absolute atomic E-state index is 0. The highest BCUT2D eigenvalue weighted by Crippen LogP contribution is 2.16. The fourth-order valence-electron chi connectivity index (χ4n) is 1.45. The highest BCUT2D eigenvalue weighted by Gasteiger charge is 2.04. The second-order valence-electron chi connectivity index (χ2n) is 3.71. The monoisotopic (exact) mass is 282 g/mol. The lowest BCUT2D eigenvalue weighted by Crippen LogP contribution is -2.18. The van der Waals surface area contributed by atoms with Crippen LogP contribution in [0.5, 0.6) is 0 Å². The van der Waals surface area contributed by atoms with E-state index in [0.29, 0.717) is 18.8 Å². The molecule has 3 N–H and O–H groups in total. The van der Waals surface area contributed by atoms with Crippen LogP contribution in [0.2, 0.25) is 0 Å². The van der Waals surface area contributed by atoms with Crippen molar-refractivity contribution in [2.45, 2.75) is 6.42 Å². The van der Waals surface area contributed by atoms with Crippen LogP contribution in [0, 0.1) is 0 Å². The summed E-state index contributed by atoms with van der Waals surface area (Å²) in [5.74, 6) is 0.514. The van der Waals surface area contributed by atoms with Crippen molar-refractivity contribution >= 4 is 24.0 Å². The molecule has 0 fully saturated rings. The minimum Gasteiger partial charge on any atom is -0.326 e. The Hall–Kier alpha value is -1.99. The van der Waals surface area contributed by atoms with Crippen molar-refractivity contribution in [1.29, 1.82) is 0 Å². The van der Waals surface area contributed by atoms with Crippen LogP contribution in [-0.2, 0) is 4.79 Å². The SMILES string of the molecule is CNCCC(=O)Nc1ccc(-c2nn[nH]n2)cc1.Cl. The Balaban J connectivity index is 0.00000180. The number of nitrogens with zero attached hydrogens (tertiary/aromatic N) is 3. The number of tetrazole rings is 1. The first-order chi connectivity index (χ1) is 8.79. The van der Waals surface area contributed by atoms with Gasteiger partial charge in [-0.25, -0.2) is 0 Å². The third-order valence-corrected chi connectivity index (χ3v) is 2.37. The molecule has 1 aromatic carbocycles. The van der Waals surface area contributed by atoms with E-state index in [4.69, 9.17) is 0 Å². The van der Waals surface area contributed by atoms with Crippen LogP contribution in [0.25, 0.3) is 11.4 Å². The molecular formula is C11H15ClN6O. The van der Waals surface area contributed by atoms with Crippen molar-refractivity contribution in [1.82, 2.24) is 25.9 Å². The molecule has 7 nitrogen and oxygen atoms in total. The van der Waals surface area contributed by atoms with Gasteiger partial charge in [0.05, 0.1) is 0 Å². The molecule has 8 heteroatoms. The van der Waals surface area contributed by atoms with Crippen molar-refractivity contribution in [3.8, 4) is 11.4 Å². The van der Waals surface area contributed by atoms with E-state index in [-0.39, 0.29) is 18.3 Å². The van der Waals surface area contributed by atoms with Crippen LogP contribution >= 0.6 is 12.4 Å². The predicted octanol–water partition coefficient (Wildman–Crippen LogP) is 0.836. The summed E-state index contributed by atoms with van der Waals surface area (Å²) < 4.78 is 0. The third kappa shape index (κ3) is 4.31. The van der Waals surface area contributed by atoms with E-state index in [9.17, 15) is 4.79 Å². The van der Waals surface area contributed by atoms with Crippen LogP contribution in [-0.4, -0.2) is 40.1 Å². The number of carbonyl (C=O) groups excluding carboxylic acids is 1. The van der Waals surface area contributed by atoms with Gasteiger partial charge in [-0.3, -0.25) is 4.79 Å². The summed E-state index contributed by atoms with van der Waals surface area (Å²) >= 11 is 0. The first-order valence-electron chi connectivity index (χ1n) is 5.58. The first-order valence-corrected chi connectivity index (χ1v) is 5.58. The molecule has 0 aliphatic heterocycles. The fourth-order valence-corrected chi connectivity index (χ4v) is 1.45. The standard InChI is InChI=1S/C11H14N6O.ClH/c1-12-7-6-10(18)13-9-4-2-8(3-5-9)11-14-16-17-15-11;/h2-5,12H,6-7H2,1H3,(H,13,18)(H,14,15,16,17);1H. The van der Waals surface area contributed by atoms with E-state index in [1.165, 1.54) is 0 Å². The molecule has 0 spiro atoms. The predicted molar refractivity (Wildman–Crippen MR) is 74.0 cm³/mol. The Morgan fingerprint density at radius 1 is 1.32 bits per heavy atom. The zero-order valence-electron chi connectivity index (χ0n) is 10.4. The molecule has 0 atom stereocenters. The van der Waals surface area contributed by atoms with Gasteiger partial charge >= 0.3 is 0 Å². The Morgan fingerprint density at radius 3 is 2.63 bits per heavy atom. The van der Waals surface area contributed by atoms with Gasteiger partial charge in [-0.05, 0) is 36.5 Å². The normalized spacial score (nSPS) is 9.74. The second kappa shape index (κ2) is 7.45. The van der Waals surface area contributed by atoms with Gasteiger partial charge in [0.2, 0.25) is 11.7 Å². The average Bonchev–Trinajstić information content (AvgIpc) is 2.91. The van der Waals surface area contributed by atoms with Crippen molar-refractivity contribution in [3.05, 3.63) is 24.3 Å². The van der Waals surface area contributed by atoms with E-state index in [1.54, 1.807) is 0 Å². The van der Waals surface area contributed by atoms with E-state index < -0.39 is 0 Å². The number of amides is 1. The lowest BCUT2D eigenvalue weighted by Gasteiger charge is -2.05. The Kier molecular flexibility index (Phi) is 5.91. The van der Waals surface area contributed by atoms with Crippen molar-refractivity contribution in [2.75, 3.05) is 18.9 Å². The molecule has 2 aromatic rings. The number of anilines is 1. The molecule has 1 aromatic heterocycles. The minimum atomic E-state index is -0.0170. The summed E-state index contributed by atoms with van der Waals surface area (Å²) in [5.41, 5.74) is 1.60. The largest absolute Gasteiger partial charge is 0.326 e. The Labute approximate surface area is 116 Å². The first kappa shape index (κ1) is 15.1. The Morgan fingerprint density at radius 2 is 2.05 bits per heavy atom. The number of nitrogens with one attached hydrogen (secondary N) is 3. The number of benzene rings is 1. The molecular weight excluding hydrogens is 268 g/mol. The van der Waals surface area contributed by atoms with Crippen molar-refractivity contribution in [2.24, 2.45) is 0 Å². The second-order valence-corrected chi connectivity index (χ2v) is 3.71. The molecule has 2 rings (SSSR count). The van der Waals surface area contributed by atoms with Gasteiger partial charge in [0.15, 0.2) is 0 Å². The molecule has 1 amide bonds. The summed E-state index contributed by atoms with van der Waals surface area (Å²) in [6.45, 7) is 0.660. The van der Waals surface area contributed by atoms with Crippen LogP contribution in [0.1, 0.15) is 6.42 Å². The number of hydrogen-bond acceptors (Lipinski definition) is 5. The summed E-state index contributed by atoms with van der Waals surface area (Å²) in [7, 11) is 1.81. The lowest BCUT2D eigenvalue weighted by atomic mass is 10.2. The van der Waals surface area contributed by atoms with Gasteiger partial charge in [0, 0.05) is 24.2 Å². The smallest absolute Gasteiger partial charge is 0.225 e. The number of rotatable bonds is 5. The molecule has 0 aliphatic rings.